The molecular weight excluding hydrogens is 104 g/mol. The van der Waals surface area contributed by atoms with Gasteiger partial charge in [-0.05, 0) is 0 Å². The Labute approximate surface area is 55.8 Å². The average Bonchev–Trinajstić information content (AvgIpc) is 1.46. The summed E-state index contributed by atoms with van der Waals surface area (Å²) in [4.78, 5) is 0. The monoisotopic (exact) mass is 124 g/mol. The fourth-order valence-corrected chi connectivity index (χ4v) is 0. The molecule has 0 saturated carbocycles. The van der Waals surface area contributed by atoms with Gasteiger partial charge in [0.2, 0.25) is 0 Å². The van der Waals surface area contributed by atoms with Crippen molar-refractivity contribution in [1.29, 1.82) is 0 Å². The van der Waals surface area contributed by atoms with E-state index < -0.39 is 0 Å². The van der Waals surface area contributed by atoms with Crippen LogP contribution in [0.15, 0.2) is 0 Å². The first-order valence-corrected chi connectivity index (χ1v) is 2.41. The molecule has 0 radical (unpaired) electrons. The van der Waals surface area contributed by atoms with Crippen molar-refractivity contribution in [1.82, 2.24) is 0 Å². The molecule has 0 unspecified atom stereocenters. The van der Waals surface area contributed by atoms with Gasteiger partial charge in [0.25, 0.3) is 0 Å². The molecule has 50 valence electrons. The van der Waals surface area contributed by atoms with Crippen LogP contribution in [0.25, 0.3) is 0 Å². The summed E-state index contributed by atoms with van der Waals surface area (Å²) in [5, 5.41) is 0. The predicted octanol–water partition coefficient (Wildman–Crippen LogP) is 3.19. The Balaban J connectivity index is -0.0000000105. The summed E-state index contributed by atoms with van der Waals surface area (Å²) >= 11 is 0. The topological polar surface area (TPSA) is 0 Å². The van der Waals surface area contributed by atoms with Crippen LogP contribution in [0.4, 0.5) is 0 Å². The lowest BCUT2D eigenvalue weighted by Crippen LogP contribution is -1.27. The molecule has 7 heavy (non-hydrogen) atoms. The largest absolute Gasteiger partial charge is 0.197 e. The van der Waals surface area contributed by atoms with Crippen molar-refractivity contribution in [2.24, 2.45) is 0 Å². The molecule has 0 aromatic heterocycles. The van der Waals surface area contributed by atoms with Gasteiger partial charge in [0.15, 0.2) is 0 Å². The minimum atomic E-state index is 0. The fraction of sp³-hybridized carbons (Fsp3) is 1.00. The van der Waals surface area contributed by atoms with Crippen molar-refractivity contribution >= 4 is 13.5 Å². The third-order valence-corrected chi connectivity index (χ3v) is 0. The predicted molar refractivity (Wildman–Crippen MR) is 44.4 cm³/mol. The molecule has 0 bridgehead atoms. The van der Waals surface area contributed by atoms with Crippen molar-refractivity contribution in [3.8, 4) is 0 Å². The second-order valence-corrected chi connectivity index (χ2v) is 0.707. The molecule has 1 heteroatoms. The van der Waals surface area contributed by atoms with Crippen LogP contribution in [-0.2, 0) is 0 Å². The molecule has 0 N–H and O–H groups in total. The first-order valence-electron chi connectivity index (χ1n) is 2.41. The molecule has 0 rings (SSSR count). The zero-order valence-corrected chi connectivity index (χ0v) is 6.21. The Morgan fingerprint density at radius 3 is 1.00 bits per heavy atom. The van der Waals surface area contributed by atoms with Gasteiger partial charge in [-0.2, -0.15) is 13.5 Å². The zero-order chi connectivity index (χ0) is 4.71. The average molecular weight is 124 g/mol. The lowest BCUT2D eigenvalue weighted by molar-refractivity contribution is 1.09. The standard InChI is InChI=1S/C3H8.C2H6.CH4.H2S/c1-3-2;1-2;;/h3H2,1-2H3;1-2H3;1H4;1H2. The summed E-state index contributed by atoms with van der Waals surface area (Å²) in [6.45, 7) is 8.25. The molecule has 0 nitrogen and oxygen atoms in total. The molecule has 0 aliphatic carbocycles. The van der Waals surface area contributed by atoms with Gasteiger partial charge in [-0.25, -0.2) is 0 Å². The second-order valence-electron chi connectivity index (χ2n) is 0.707. The van der Waals surface area contributed by atoms with Crippen LogP contribution < -0.4 is 0 Å². The molecule has 0 spiro atoms. The normalized spacial score (nSPS) is 3.43. The van der Waals surface area contributed by atoms with Crippen LogP contribution in [0.1, 0.15) is 41.5 Å². The summed E-state index contributed by atoms with van der Waals surface area (Å²) < 4.78 is 0. The van der Waals surface area contributed by atoms with Crippen LogP contribution in [0, 0.1) is 0 Å². The van der Waals surface area contributed by atoms with Crippen molar-refractivity contribution in [3.05, 3.63) is 0 Å². The summed E-state index contributed by atoms with van der Waals surface area (Å²) in [5.74, 6) is 0. The van der Waals surface area contributed by atoms with E-state index >= 15 is 0 Å². The molecule has 0 aromatic rings. The molecular formula is C6H20S. The minimum absolute atomic E-state index is 0. The zero-order valence-electron chi connectivity index (χ0n) is 5.21. The van der Waals surface area contributed by atoms with E-state index in [1.54, 1.807) is 0 Å². The van der Waals surface area contributed by atoms with Crippen LogP contribution >= 0.6 is 13.5 Å². The van der Waals surface area contributed by atoms with Gasteiger partial charge in [0, 0.05) is 0 Å². The summed E-state index contributed by atoms with van der Waals surface area (Å²) in [6, 6.07) is 0. The SMILES string of the molecule is C.CC.CCC.S. The highest BCUT2D eigenvalue weighted by atomic mass is 32.1. The smallest absolute Gasteiger partial charge is 0.0590 e. The molecule has 0 aromatic carbocycles. The number of hydrogen-bond acceptors (Lipinski definition) is 0. The van der Waals surface area contributed by atoms with E-state index in [9.17, 15) is 0 Å². The Hall–Kier alpha value is 0.350. The molecule has 0 aliphatic heterocycles. The van der Waals surface area contributed by atoms with Crippen LogP contribution in [0.3, 0.4) is 0 Å². The Kier molecular flexibility index (Phi) is 376. The van der Waals surface area contributed by atoms with Gasteiger partial charge in [-0.3, -0.25) is 0 Å². The van der Waals surface area contributed by atoms with Gasteiger partial charge in [0.05, 0.1) is 0 Å². The van der Waals surface area contributed by atoms with Gasteiger partial charge < -0.3 is 0 Å². The van der Waals surface area contributed by atoms with E-state index in [2.05, 4.69) is 13.8 Å². The Bertz CT molecular complexity index is 4.14. The number of hydrogen-bond donors (Lipinski definition) is 0. The number of rotatable bonds is 0. The second kappa shape index (κ2) is 99.7. The van der Waals surface area contributed by atoms with Crippen molar-refractivity contribution in [3.63, 3.8) is 0 Å². The maximum absolute atomic E-state index is 2.12. The fourth-order valence-electron chi connectivity index (χ4n) is 0. The van der Waals surface area contributed by atoms with Crippen molar-refractivity contribution in [2.45, 2.75) is 41.5 Å². The van der Waals surface area contributed by atoms with Gasteiger partial charge in [0.1, 0.15) is 0 Å². The van der Waals surface area contributed by atoms with Crippen LogP contribution in [0.5, 0.6) is 0 Å². The minimum Gasteiger partial charge on any atom is -0.197 e. The summed E-state index contributed by atoms with van der Waals surface area (Å²) in [5.41, 5.74) is 0. The van der Waals surface area contributed by atoms with Crippen molar-refractivity contribution < 1.29 is 0 Å². The van der Waals surface area contributed by atoms with Gasteiger partial charge in [-0.1, -0.05) is 41.5 Å². The first kappa shape index (κ1) is 26.4. The summed E-state index contributed by atoms with van der Waals surface area (Å²) in [7, 11) is 0. The first-order chi connectivity index (χ1) is 2.41. The molecule has 0 atom stereocenters. The Morgan fingerprint density at radius 2 is 1.00 bits per heavy atom. The molecule has 0 heterocycles. The van der Waals surface area contributed by atoms with Crippen LogP contribution in [0.2, 0.25) is 0 Å². The highest BCUT2D eigenvalue weighted by Gasteiger charge is 1.35. The molecule has 0 fully saturated rings. The van der Waals surface area contributed by atoms with Gasteiger partial charge >= 0.3 is 0 Å². The lowest BCUT2D eigenvalue weighted by Gasteiger charge is -1.48. The van der Waals surface area contributed by atoms with E-state index in [0.29, 0.717) is 0 Å². The van der Waals surface area contributed by atoms with Crippen molar-refractivity contribution in [2.75, 3.05) is 0 Å². The van der Waals surface area contributed by atoms with E-state index in [4.69, 9.17) is 0 Å². The highest BCUT2D eigenvalue weighted by molar-refractivity contribution is 7.59. The van der Waals surface area contributed by atoms with E-state index in [-0.39, 0.29) is 20.9 Å². The van der Waals surface area contributed by atoms with E-state index in [1.807, 2.05) is 13.8 Å². The third kappa shape index (κ3) is 981. The third-order valence-electron chi connectivity index (χ3n) is 0. The molecule has 0 amide bonds. The highest BCUT2D eigenvalue weighted by Crippen LogP contribution is 1.56. The van der Waals surface area contributed by atoms with Crippen LogP contribution in [-0.4, -0.2) is 0 Å². The lowest BCUT2D eigenvalue weighted by atomic mass is 10.6. The Morgan fingerprint density at radius 1 is 1.00 bits per heavy atom. The molecule has 0 aliphatic rings. The maximum Gasteiger partial charge on any atom is -0.0590 e. The van der Waals surface area contributed by atoms with E-state index in [0.717, 1.165) is 0 Å². The summed E-state index contributed by atoms with van der Waals surface area (Å²) in [6.07, 6.45) is 1.25. The maximum atomic E-state index is 2.12. The molecule has 0 saturated heterocycles. The van der Waals surface area contributed by atoms with E-state index in [1.165, 1.54) is 6.42 Å². The quantitative estimate of drug-likeness (QED) is 0.465. The van der Waals surface area contributed by atoms with Gasteiger partial charge in [-0.15, -0.1) is 0 Å².